The lowest BCUT2D eigenvalue weighted by molar-refractivity contribution is -0.134. The van der Waals surface area contributed by atoms with E-state index in [1.807, 2.05) is 0 Å². The number of hydrogen-bond acceptors (Lipinski definition) is 5. The van der Waals surface area contributed by atoms with Crippen LogP contribution in [0.1, 0.15) is 43.4 Å². The van der Waals surface area contributed by atoms with Crippen LogP contribution >= 0.6 is 11.3 Å². The van der Waals surface area contributed by atoms with Crippen LogP contribution in [0.5, 0.6) is 5.75 Å². The Morgan fingerprint density at radius 2 is 1.92 bits per heavy atom. The van der Waals surface area contributed by atoms with Crippen LogP contribution in [-0.4, -0.2) is 40.9 Å². The molecule has 1 aliphatic rings. The van der Waals surface area contributed by atoms with Crippen molar-refractivity contribution in [1.29, 1.82) is 0 Å². The monoisotopic (exact) mass is 381 g/mol. The Kier molecular flexibility index (Phi) is 5.88. The van der Waals surface area contributed by atoms with E-state index in [1.165, 1.54) is 0 Å². The lowest BCUT2D eigenvalue weighted by Gasteiger charge is -2.33. The third-order valence-corrected chi connectivity index (χ3v) is 4.73. The Morgan fingerprint density at radius 3 is 2.40 bits per heavy atom. The van der Waals surface area contributed by atoms with Crippen molar-refractivity contribution < 1.29 is 32.5 Å². The van der Waals surface area contributed by atoms with E-state index in [1.54, 1.807) is 25.7 Å². The highest BCUT2D eigenvalue weighted by molar-refractivity contribution is 7.12. The van der Waals surface area contributed by atoms with Crippen molar-refractivity contribution in [1.82, 2.24) is 4.90 Å². The summed E-state index contributed by atoms with van der Waals surface area (Å²) in [7, 11) is 0. The number of rotatable bonds is 3. The van der Waals surface area contributed by atoms with Crippen molar-refractivity contribution in [2.24, 2.45) is 0 Å². The third-order valence-electron chi connectivity index (χ3n) is 3.58. The molecule has 0 bridgehead atoms. The van der Waals surface area contributed by atoms with Gasteiger partial charge in [-0.15, -0.1) is 11.3 Å². The highest BCUT2D eigenvalue weighted by Crippen LogP contribution is 2.40. The van der Waals surface area contributed by atoms with E-state index in [4.69, 9.17) is 9.47 Å². The van der Waals surface area contributed by atoms with Gasteiger partial charge in [-0.1, -0.05) is 0 Å². The van der Waals surface area contributed by atoms with E-state index in [2.05, 4.69) is 0 Å². The largest absolute Gasteiger partial charge is 0.489 e. The number of ether oxygens (including phenoxy) is 2. The molecule has 2 heterocycles. The van der Waals surface area contributed by atoms with Crippen molar-refractivity contribution in [3.63, 3.8) is 0 Å². The number of hydrogen-bond donors (Lipinski definition) is 1. The van der Waals surface area contributed by atoms with E-state index in [0.29, 0.717) is 37.3 Å². The summed E-state index contributed by atoms with van der Waals surface area (Å²) in [6.45, 7) is 5.66. The molecule has 1 aromatic heterocycles. The van der Waals surface area contributed by atoms with Crippen LogP contribution in [0.3, 0.4) is 0 Å². The molecule has 0 atom stereocenters. The van der Waals surface area contributed by atoms with Crippen molar-refractivity contribution in [2.75, 3.05) is 13.1 Å². The number of halogens is 3. The van der Waals surface area contributed by atoms with Gasteiger partial charge in [0.15, 0.2) is 0 Å². The molecule has 1 aromatic rings. The lowest BCUT2D eigenvalue weighted by atomic mass is 10.1. The van der Waals surface area contributed by atoms with Gasteiger partial charge in [-0.3, -0.25) is 0 Å². The molecular weight excluding hydrogens is 359 g/mol. The summed E-state index contributed by atoms with van der Waals surface area (Å²) in [4.78, 5) is 12.9. The molecular formula is C16H22F3NO4S. The smallest absolute Gasteiger partial charge is 0.425 e. The second kappa shape index (κ2) is 7.41. The Balaban J connectivity index is 1.94. The lowest BCUT2D eigenvalue weighted by Crippen LogP contribution is -2.44. The molecule has 25 heavy (non-hydrogen) atoms. The first kappa shape index (κ1) is 19.8. The van der Waals surface area contributed by atoms with Crippen LogP contribution in [0.25, 0.3) is 0 Å². The fourth-order valence-electron chi connectivity index (χ4n) is 2.42. The fourth-order valence-corrected chi connectivity index (χ4v) is 3.24. The molecule has 0 radical (unpaired) electrons. The van der Waals surface area contributed by atoms with Crippen LogP contribution in [-0.2, 0) is 17.5 Å². The third kappa shape index (κ3) is 5.50. The van der Waals surface area contributed by atoms with Gasteiger partial charge in [-0.2, -0.15) is 13.2 Å². The molecule has 1 amide bonds. The number of aliphatic hydroxyl groups is 1. The molecule has 5 nitrogen and oxygen atoms in total. The molecule has 1 aliphatic heterocycles. The fraction of sp³-hybridized carbons (Fsp3) is 0.688. The predicted molar refractivity (Wildman–Crippen MR) is 86.7 cm³/mol. The minimum atomic E-state index is -4.46. The average molecular weight is 381 g/mol. The minimum Gasteiger partial charge on any atom is -0.489 e. The van der Waals surface area contributed by atoms with Crippen LogP contribution in [0, 0.1) is 0 Å². The number of thiophene rings is 1. The zero-order valence-electron chi connectivity index (χ0n) is 14.4. The number of aliphatic hydroxyl groups excluding tert-OH is 1. The number of carbonyl (C=O) groups is 1. The molecule has 0 aliphatic carbocycles. The number of piperidine rings is 1. The van der Waals surface area contributed by atoms with Crippen LogP contribution in [0.4, 0.5) is 18.0 Å². The second-order valence-corrected chi connectivity index (χ2v) is 7.98. The zero-order chi connectivity index (χ0) is 18.8. The summed E-state index contributed by atoms with van der Waals surface area (Å²) in [5.41, 5.74) is -0.578. The van der Waals surface area contributed by atoms with Gasteiger partial charge in [0.05, 0.1) is 11.5 Å². The van der Waals surface area contributed by atoms with E-state index in [0.717, 1.165) is 6.07 Å². The van der Waals surface area contributed by atoms with E-state index < -0.39 is 29.4 Å². The summed E-state index contributed by atoms with van der Waals surface area (Å²) >= 11 is 0.482. The Bertz CT molecular complexity index is 602. The Morgan fingerprint density at radius 1 is 1.32 bits per heavy atom. The number of nitrogens with zero attached hydrogens (tertiary/aromatic N) is 1. The molecule has 0 aromatic carbocycles. The predicted octanol–water partition coefficient (Wildman–Crippen LogP) is 4.04. The Labute approximate surface area is 148 Å². The van der Waals surface area contributed by atoms with Gasteiger partial charge in [-0.05, 0) is 20.8 Å². The highest BCUT2D eigenvalue weighted by atomic mass is 32.1. The zero-order valence-corrected chi connectivity index (χ0v) is 15.2. The standard InChI is InChI=1S/C16H22F3NO4S/c1-15(2,3)24-14(22)20-6-4-10(5-7-20)23-11-8-13(16(17,18)19)25-12(11)9-21/h8,10,21H,4-7,9H2,1-3H3. The summed E-state index contributed by atoms with van der Waals surface area (Å²) < 4.78 is 49.3. The van der Waals surface area contributed by atoms with E-state index >= 15 is 0 Å². The number of carbonyl (C=O) groups excluding carboxylic acids is 1. The maximum Gasteiger partial charge on any atom is 0.425 e. The topological polar surface area (TPSA) is 59.0 Å². The summed E-state index contributed by atoms with van der Waals surface area (Å²) in [6, 6.07) is 0.927. The molecule has 2 rings (SSSR count). The molecule has 0 unspecified atom stereocenters. The van der Waals surface area contributed by atoms with Gasteiger partial charge >= 0.3 is 12.3 Å². The normalized spacial score (nSPS) is 16.8. The minimum absolute atomic E-state index is 0.0653. The van der Waals surface area contributed by atoms with Crippen LogP contribution in [0.2, 0.25) is 0 Å². The van der Waals surface area contributed by atoms with Crippen LogP contribution < -0.4 is 4.74 Å². The maximum atomic E-state index is 12.8. The number of alkyl halides is 3. The van der Waals surface area contributed by atoms with Crippen molar-refractivity contribution >= 4 is 17.4 Å². The Hall–Kier alpha value is -1.48. The van der Waals surface area contributed by atoms with Gasteiger partial charge in [0.2, 0.25) is 0 Å². The van der Waals surface area contributed by atoms with E-state index in [-0.39, 0.29) is 16.7 Å². The second-order valence-electron chi connectivity index (χ2n) is 6.84. The van der Waals surface area contributed by atoms with Crippen LogP contribution in [0.15, 0.2) is 6.07 Å². The summed E-state index contributed by atoms with van der Waals surface area (Å²) in [6.07, 6.45) is -4.20. The van der Waals surface area contributed by atoms with Gasteiger partial charge in [0.25, 0.3) is 0 Å². The summed E-state index contributed by atoms with van der Waals surface area (Å²) in [5.74, 6) is 0.0653. The molecule has 1 fully saturated rings. The first-order valence-corrected chi connectivity index (χ1v) is 8.76. The number of amides is 1. The van der Waals surface area contributed by atoms with Crippen molar-refractivity contribution in [3.8, 4) is 5.75 Å². The first-order valence-electron chi connectivity index (χ1n) is 7.95. The molecule has 1 N–H and O–H groups in total. The van der Waals surface area contributed by atoms with Gasteiger partial charge in [0.1, 0.15) is 22.3 Å². The van der Waals surface area contributed by atoms with Gasteiger partial charge in [-0.25, -0.2) is 4.79 Å². The van der Waals surface area contributed by atoms with Crippen molar-refractivity contribution in [2.45, 2.75) is 58.1 Å². The molecule has 9 heteroatoms. The quantitative estimate of drug-likeness (QED) is 0.859. The molecule has 0 saturated carbocycles. The van der Waals surface area contributed by atoms with Crippen molar-refractivity contribution in [3.05, 3.63) is 15.8 Å². The molecule has 142 valence electrons. The first-order chi connectivity index (χ1) is 11.5. The molecule has 1 saturated heterocycles. The summed E-state index contributed by atoms with van der Waals surface area (Å²) in [5, 5.41) is 9.24. The SMILES string of the molecule is CC(C)(C)OC(=O)N1CCC(Oc2cc(C(F)(F)F)sc2CO)CC1. The average Bonchev–Trinajstić information content (AvgIpc) is 2.89. The van der Waals surface area contributed by atoms with E-state index in [9.17, 15) is 23.1 Å². The number of likely N-dealkylation sites (tertiary alicyclic amines) is 1. The van der Waals surface area contributed by atoms with Gasteiger partial charge < -0.3 is 19.5 Å². The molecule has 0 spiro atoms. The highest BCUT2D eigenvalue weighted by Gasteiger charge is 2.35. The maximum absolute atomic E-state index is 12.8. The van der Waals surface area contributed by atoms with Gasteiger partial charge in [0, 0.05) is 32.0 Å².